The van der Waals surface area contributed by atoms with Crippen molar-refractivity contribution in [3.63, 3.8) is 0 Å². The summed E-state index contributed by atoms with van der Waals surface area (Å²) in [5.41, 5.74) is 0.877. The first-order chi connectivity index (χ1) is 17.8. The molecule has 184 valence electrons. The zero-order valence-corrected chi connectivity index (χ0v) is 18.9. The summed E-state index contributed by atoms with van der Waals surface area (Å²) in [6, 6.07) is 16.7. The monoisotopic (exact) mass is 503 g/mol. The average molecular weight is 503 g/mol. The van der Waals surface area contributed by atoms with E-state index in [1.54, 1.807) is 30.6 Å². The van der Waals surface area contributed by atoms with Gasteiger partial charge in [0.25, 0.3) is 5.91 Å². The second kappa shape index (κ2) is 9.65. The van der Waals surface area contributed by atoms with Gasteiger partial charge in [-0.2, -0.15) is 18.3 Å². The van der Waals surface area contributed by atoms with Crippen LogP contribution in [-0.2, 0) is 6.18 Å². The summed E-state index contributed by atoms with van der Waals surface area (Å²) in [7, 11) is 0. The number of pyridine rings is 2. The van der Waals surface area contributed by atoms with Crippen LogP contribution in [0.4, 0.5) is 23.4 Å². The third-order valence-corrected chi connectivity index (χ3v) is 5.56. The molecule has 0 aliphatic rings. The molecule has 0 atom stereocenters. The third kappa shape index (κ3) is 5.08. The van der Waals surface area contributed by atoms with Crippen molar-refractivity contribution in [3.05, 3.63) is 115 Å². The molecule has 0 fully saturated rings. The number of hydrogen-bond donors (Lipinski definition) is 1. The molecule has 5 rings (SSSR count). The lowest BCUT2D eigenvalue weighted by Gasteiger charge is -2.15. The minimum absolute atomic E-state index is 0.00386. The van der Waals surface area contributed by atoms with Gasteiger partial charge in [0, 0.05) is 47.5 Å². The Morgan fingerprint density at radius 2 is 1.59 bits per heavy atom. The first kappa shape index (κ1) is 23.9. The maximum atomic E-state index is 13.7. The van der Waals surface area contributed by atoms with Gasteiger partial charge in [-0.25, -0.2) is 9.07 Å². The van der Waals surface area contributed by atoms with E-state index in [4.69, 9.17) is 0 Å². The molecule has 3 aromatic heterocycles. The molecule has 0 unspecified atom stereocenters. The number of benzene rings is 2. The van der Waals surface area contributed by atoms with Crippen LogP contribution in [0.25, 0.3) is 28.1 Å². The Kier molecular flexibility index (Phi) is 6.22. The van der Waals surface area contributed by atoms with Crippen LogP contribution in [0, 0.1) is 5.82 Å². The van der Waals surface area contributed by atoms with Crippen molar-refractivity contribution in [2.24, 2.45) is 0 Å². The number of anilines is 1. The van der Waals surface area contributed by atoms with E-state index in [2.05, 4.69) is 20.4 Å². The van der Waals surface area contributed by atoms with Gasteiger partial charge in [-0.15, -0.1) is 0 Å². The summed E-state index contributed by atoms with van der Waals surface area (Å²) in [6.45, 7) is 0. The zero-order valence-electron chi connectivity index (χ0n) is 18.9. The standard InChI is InChI=1S/C27H17F4N5O/c28-20-4-6-21(7-5-20)36-25(15-24(35-36)17-9-12-32-13-10-17)34-26(37)18-3-8-23(27(29,30)31)22(14-18)19-2-1-11-33-16-19/h1-16H,(H,34,37). The Morgan fingerprint density at radius 1 is 0.838 bits per heavy atom. The third-order valence-electron chi connectivity index (χ3n) is 5.56. The molecule has 37 heavy (non-hydrogen) atoms. The smallest absolute Gasteiger partial charge is 0.306 e. The molecule has 0 bridgehead atoms. The first-order valence-electron chi connectivity index (χ1n) is 11.0. The Labute approximate surface area is 208 Å². The molecule has 0 aliphatic carbocycles. The van der Waals surface area contributed by atoms with E-state index < -0.39 is 23.5 Å². The summed E-state index contributed by atoms with van der Waals surface area (Å²) in [5.74, 6) is -0.849. The van der Waals surface area contributed by atoms with Gasteiger partial charge in [-0.1, -0.05) is 6.07 Å². The van der Waals surface area contributed by atoms with Crippen molar-refractivity contribution in [3.8, 4) is 28.1 Å². The van der Waals surface area contributed by atoms with E-state index in [-0.39, 0.29) is 22.5 Å². The van der Waals surface area contributed by atoms with Crippen molar-refractivity contribution >= 4 is 11.7 Å². The number of carbonyl (C=O) groups is 1. The van der Waals surface area contributed by atoms with E-state index in [0.29, 0.717) is 11.4 Å². The normalized spacial score (nSPS) is 11.4. The van der Waals surface area contributed by atoms with Gasteiger partial charge in [-0.05, 0) is 66.2 Å². The summed E-state index contributed by atoms with van der Waals surface area (Å²) in [4.78, 5) is 21.1. The fraction of sp³-hybridized carbons (Fsp3) is 0.0370. The van der Waals surface area contributed by atoms with Crippen molar-refractivity contribution in [1.29, 1.82) is 0 Å². The molecule has 1 amide bonds. The van der Waals surface area contributed by atoms with Crippen LogP contribution in [0.3, 0.4) is 0 Å². The zero-order chi connectivity index (χ0) is 26.0. The summed E-state index contributed by atoms with van der Waals surface area (Å²) >= 11 is 0. The first-order valence-corrected chi connectivity index (χ1v) is 11.0. The molecule has 0 saturated carbocycles. The molecule has 0 aliphatic heterocycles. The quantitative estimate of drug-likeness (QED) is 0.282. The van der Waals surface area contributed by atoms with E-state index in [1.807, 2.05) is 0 Å². The van der Waals surface area contributed by atoms with Gasteiger partial charge < -0.3 is 5.32 Å². The van der Waals surface area contributed by atoms with Gasteiger partial charge in [0.2, 0.25) is 0 Å². The van der Waals surface area contributed by atoms with Crippen LogP contribution in [0.15, 0.2) is 97.6 Å². The van der Waals surface area contributed by atoms with Gasteiger partial charge in [0.15, 0.2) is 0 Å². The fourth-order valence-electron chi connectivity index (χ4n) is 3.80. The molecular weight excluding hydrogens is 486 g/mol. The van der Waals surface area contributed by atoms with Crippen LogP contribution >= 0.6 is 0 Å². The maximum absolute atomic E-state index is 13.7. The number of nitrogens with zero attached hydrogens (tertiary/aromatic N) is 4. The van der Waals surface area contributed by atoms with Gasteiger partial charge in [0.1, 0.15) is 11.6 Å². The highest BCUT2D eigenvalue weighted by Gasteiger charge is 2.34. The topological polar surface area (TPSA) is 72.7 Å². The Morgan fingerprint density at radius 3 is 2.27 bits per heavy atom. The number of hydrogen-bond acceptors (Lipinski definition) is 4. The molecular formula is C27H17F4N5O. The van der Waals surface area contributed by atoms with Crippen LogP contribution in [0.2, 0.25) is 0 Å². The Bertz CT molecular complexity index is 1550. The van der Waals surface area contributed by atoms with Crippen molar-refractivity contribution < 1.29 is 22.4 Å². The second-order valence-electron chi connectivity index (χ2n) is 7.99. The van der Waals surface area contributed by atoms with Gasteiger partial charge in [-0.3, -0.25) is 14.8 Å². The predicted molar refractivity (Wildman–Crippen MR) is 129 cm³/mol. The molecule has 6 nitrogen and oxygen atoms in total. The highest BCUT2D eigenvalue weighted by molar-refractivity contribution is 6.05. The van der Waals surface area contributed by atoms with Crippen molar-refractivity contribution in [1.82, 2.24) is 19.7 Å². The molecule has 10 heteroatoms. The van der Waals surface area contributed by atoms with Gasteiger partial charge in [0.05, 0.1) is 16.9 Å². The number of amides is 1. The number of rotatable bonds is 5. The molecule has 1 N–H and O–H groups in total. The summed E-state index contributed by atoms with van der Waals surface area (Å²) in [6.07, 6.45) is 1.31. The minimum Gasteiger partial charge on any atom is -0.306 e. The van der Waals surface area contributed by atoms with Crippen LogP contribution in [-0.4, -0.2) is 25.7 Å². The molecule has 3 heterocycles. The second-order valence-corrected chi connectivity index (χ2v) is 7.99. The molecule has 0 radical (unpaired) electrons. The highest BCUT2D eigenvalue weighted by atomic mass is 19.4. The molecule has 0 spiro atoms. The van der Waals surface area contributed by atoms with Crippen LogP contribution in [0.5, 0.6) is 0 Å². The molecule has 5 aromatic rings. The van der Waals surface area contributed by atoms with E-state index in [9.17, 15) is 22.4 Å². The number of halogens is 4. The SMILES string of the molecule is O=C(Nc1cc(-c2ccncc2)nn1-c1ccc(F)cc1)c1ccc(C(F)(F)F)c(-c2cccnc2)c1. The highest BCUT2D eigenvalue weighted by Crippen LogP contribution is 2.37. The number of nitrogens with one attached hydrogen (secondary N) is 1. The number of alkyl halides is 3. The van der Waals surface area contributed by atoms with Crippen LogP contribution in [0.1, 0.15) is 15.9 Å². The van der Waals surface area contributed by atoms with Crippen molar-refractivity contribution in [2.45, 2.75) is 6.18 Å². The lowest BCUT2D eigenvalue weighted by molar-refractivity contribution is -0.137. The number of carbonyl (C=O) groups excluding carboxylic acids is 1. The van der Waals surface area contributed by atoms with Gasteiger partial charge >= 0.3 is 6.18 Å². The van der Waals surface area contributed by atoms with E-state index >= 15 is 0 Å². The number of aromatic nitrogens is 4. The summed E-state index contributed by atoms with van der Waals surface area (Å²) in [5, 5.41) is 7.26. The fourth-order valence-corrected chi connectivity index (χ4v) is 3.80. The molecule has 2 aromatic carbocycles. The van der Waals surface area contributed by atoms with E-state index in [1.165, 1.54) is 59.5 Å². The Hall–Kier alpha value is -4.86. The Balaban J connectivity index is 1.55. The minimum atomic E-state index is -4.62. The molecule has 0 saturated heterocycles. The van der Waals surface area contributed by atoms with E-state index in [0.717, 1.165) is 17.7 Å². The maximum Gasteiger partial charge on any atom is 0.417 e. The average Bonchev–Trinajstić information content (AvgIpc) is 3.33. The summed E-state index contributed by atoms with van der Waals surface area (Å²) < 4.78 is 56.0. The lowest BCUT2D eigenvalue weighted by Crippen LogP contribution is -2.16. The van der Waals surface area contributed by atoms with Crippen molar-refractivity contribution in [2.75, 3.05) is 5.32 Å². The predicted octanol–water partition coefficient (Wildman–Crippen LogP) is 6.41. The van der Waals surface area contributed by atoms with Crippen LogP contribution < -0.4 is 5.32 Å². The lowest BCUT2D eigenvalue weighted by atomic mass is 9.97. The largest absolute Gasteiger partial charge is 0.417 e.